The third kappa shape index (κ3) is 4.03. The predicted molar refractivity (Wildman–Crippen MR) is 84.6 cm³/mol. The van der Waals surface area contributed by atoms with E-state index in [0.717, 1.165) is 19.0 Å². The average molecular weight is 275 g/mol. The minimum Gasteiger partial charge on any atom is -0.311 e. The summed E-state index contributed by atoms with van der Waals surface area (Å²) in [6.45, 7) is 10.3. The molecule has 20 heavy (non-hydrogen) atoms. The van der Waals surface area contributed by atoms with Crippen molar-refractivity contribution in [1.29, 1.82) is 0 Å². The Labute approximate surface area is 123 Å². The molecule has 1 N–H and O–H groups in total. The monoisotopic (exact) mass is 275 g/mol. The fraction of sp³-hybridized carbons (Fsp3) is 0.706. The van der Waals surface area contributed by atoms with Gasteiger partial charge in [0.25, 0.3) is 0 Å². The zero-order chi connectivity index (χ0) is 14.4. The second-order valence-electron chi connectivity index (χ2n) is 6.13. The predicted octanol–water partition coefficient (Wildman–Crippen LogP) is 3.07. The van der Waals surface area contributed by atoms with Gasteiger partial charge in [0.1, 0.15) is 0 Å². The number of hydrogen-bond acceptors (Lipinski definition) is 3. The normalized spacial score (nSPS) is 25.6. The van der Waals surface area contributed by atoms with Crippen molar-refractivity contribution < 1.29 is 0 Å². The molecule has 3 heteroatoms. The molecule has 0 aliphatic carbocycles. The van der Waals surface area contributed by atoms with E-state index in [2.05, 4.69) is 48.1 Å². The standard InChI is InChI=1S/C17H29N3/c1-4-6-16-13-20(12-15-7-9-18-10-8-15)17(11-19-16)14(3)5-2/h7-10,14,16-17,19H,4-6,11-13H2,1-3H3. The number of aromatic nitrogens is 1. The summed E-state index contributed by atoms with van der Waals surface area (Å²) >= 11 is 0. The minimum atomic E-state index is 0.654. The Balaban J connectivity index is 2.05. The molecule has 0 amide bonds. The van der Waals surface area contributed by atoms with Crippen molar-refractivity contribution in [3.63, 3.8) is 0 Å². The van der Waals surface area contributed by atoms with Gasteiger partial charge in [-0.05, 0) is 30.0 Å². The molecule has 3 atom stereocenters. The van der Waals surface area contributed by atoms with E-state index in [4.69, 9.17) is 0 Å². The second-order valence-corrected chi connectivity index (χ2v) is 6.13. The van der Waals surface area contributed by atoms with Crippen molar-refractivity contribution in [1.82, 2.24) is 15.2 Å². The maximum Gasteiger partial charge on any atom is 0.0271 e. The van der Waals surface area contributed by atoms with Crippen LogP contribution in [0.2, 0.25) is 0 Å². The molecule has 112 valence electrons. The summed E-state index contributed by atoms with van der Waals surface area (Å²) in [5.74, 6) is 0.743. The van der Waals surface area contributed by atoms with E-state index in [1.165, 1.54) is 31.4 Å². The third-order valence-electron chi connectivity index (χ3n) is 4.61. The molecule has 0 bridgehead atoms. The van der Waals surface area contributed by atoms with Crippen LogP contribution < -0.4 is 5.32 Å². The van der Waals surface area contributed by atoms with Crippen LogP contribution in [-0.4, -0.2) is 35.1 Å². The van der Waals surface area contributed by atoms with Gasteiger partial charge in [-0.15, -0.1) is 0 Å². The molecule has 1 aliphatic rings. The van der Waals surface area contributed by atoms with Gasteiger partial charge in [0.05, 0.1) is 0 Å². The zero-order valence-corrected chi connectivity index (χ0v) is 13.2. The van der Waals surface area contributed by atoms with Gasteiger partial charge in [0.2, 0.25) is 0 Å². The number of nitrogens with one attached hydrogen (secondary N) is 1. The molecule has 1 aliphatic heterocycles. The van der Waals surface area contributed by atoms with E-state index in [0.29, 0.717) is 12.1 Å². The summed E-state index contributed by atoms with van der Waals surface area (Å²) in [4.78, 5) is 6.80. The molecule has 1 fully saturated rings. The maximum atomic E-state index is 4.12. The molecule has 3 unspecified atom stereocenters. The number of nitrogens with zero attached hydrogens (tertiary/aromatic N) is 2. The van der Waals surface area contributed by atoms with Crippen LogP contribution in [0.1, 0.15) is 45.6 Å². The van der Waals surface area contributed by atoms with Crippen molar-refractivity contribution in [2.24, 2.45) is 5.92 Å². The lowest BCUT2D eigenvalue weighted by atomic mass is 9.93. The first-order valence-corrected chi connectivity index (χ1v) is 8.10. The van der Waals surface area contributed by atoms with Crippen molar-refractivity contribution in [3.05, 3.63) is 30.1 Å². The molecule has 0 radical (unpaired) electrons. The zero-order valence-electron chi connectivity index (χ0n) is 13.2. The lowest BCUT2D eigenvalue weighted by Crippen LogP contribution is -2.58. The van der Waals surface area contributed by atoms with Gasteiger partial charge in [-0.2, -0.15) is 0 Å². The summed E-state index contributed by atoms with van der Waals surface area (Å²) in [7, 11) is 0. The quantitative estimate of drug-likeness (QED) is 0.865. The van der Waals surface area contributed by atoms with E-state index >= 15 is 0 Å². The first kappa shape index (κ1) is 15.5. The van der Waals surface area contributed by atoms with Crippen molar-refractivity contribution in [2.75, 3.05) is 13.1 Å². The van der Waals surface area contributed by atoms with E-state index in [9.17, 15) is 0 Å². The molecular weight excluding hydrogens is 246 g/mol. The molecular formula is C17H29N3. The number of hydrogen-bond donors (Lipinski definition) is 1. The minimum absolute atomic E-state index is 0.654. The van der Waals surface area contributed by atoms with Crippen molar-refractivity contribution in [2.45, 2.75) is 58.7 Å². The molecule has 1 saturated heterocycles. The van der Waals surface area contributed by atoms with Crippen LogP contribution in [0.3, 0.4) is 0 Å². The van der Waals surface area contributed by atoms with Gasteiger partial charge in [-0.3, -0.25) is 9.88 Å². The topological polar surface area (TPSA) is 28.2 Å². The lowest BCUT2D eigenvalue weighted by molar-refractivity contribution is 0.0818. The highest BCUT2D eigenvalue weighted by atomic mass is 15.2. The molecule has 1 aromatic rings. The van der Waals surface area contributed by atoms with Crippen LogP contribution in [0.5, 0.6) is 0 Å². The highest BCUT2D eigenvalue weighted by Crippen LogP contribution is 2.21. The van der Waals surface area contributed by atoms with Crippen molar-refractivity contribution >= 4 is 0 Å². The van der Waals surface area contributed by atoms with Gasteiger partial charge >= 0.3 is 0 Å². The van der Waals surface area contributed by atoms with E-state index in [1.807, 2.05) is 12.4 Å². The fourth-order valence-corrected chi connectivity index (χ4v) is 3.18. The molecule has 2 rings (SSSR count). The van der Waals surface area contributed by atoms with Crippen LogP contribution in [0.25, 0.3) is 0 Å². The van der Waals surface area contributed by atoms with Crippen LogP contribution in [0.15, 0.2) is 24.5 Å². The number of pyridine rings is 1. The number of piperazine rings is 1. The highest BCUT2D eigenvalue weighted by molar-refractivity contribution is 5.10. The largest absolute Gasteiger partial charge is 0.311 e. The summed E-state index contributed by atoms with van der Waals surface area (Å²) in [6.07, 6.45) is 7.59. The SMILES string of the molecule is CCCC1CN(Cc2ccncc2)C(C(C)CC)CN1. The summed E-state index contributed by atoms with van der Waals surface area (Å²) in [5, 5.41) is 3.75. The molecule has 0 spiro atoms. The molecule has 3 nitrogen and oxygen atoms in total. The molecule has 2 heterocycles. The Bertz CT molecular complexity index is 379. The van der Waals surface area contributed by atoms with Gasteiger partial charge in [0, 0.05) is 44.1 Å². The first-order chi connectivity index (χ1) is 9.74. The van der Waals surface area contributed by atoms with Crippen LogP contribution in [-0.2, 0) is 6.54 Å². The Morgan fingerprint density at radius 3 is 2.75 bits per heavy atom. The van der Waals surface area contributed by atoms with Crippen molar-refractivity contribution in [3.8, 4) is 0 Å². The summed E-state index contributed by atoms with van der Waals surface area (Å²) in [5.41, 5.74) is 1.38. The van der Waals surface area contributed by atoms with E-state index < -0.39 is 0 Å². The van der Waals surface area contributed by atoms with Crippen LogP contribution in [0, 0.1) is 5.92 Å². The first-order valence-electron chi connectivity index (χ1n) is 8.10. The Morgan fingerprint density at radius 2 is 2.10 bits per heavy atom. The van der Waals surface area contributed by atoms with Gasteiger partial charge in [-0.25, -0.2) is 0 Å². The van der Waals surface area contributed by atoms with Crippen LogP contribution in [0.4, 0.5) is 0 Å². The van der Waals surface area contributed by atoms with Gasteiger partial charge in [-0.1, -0.05) is 33.6 Å². The van der Waals surface area contributed by atoms with Gasteiger partial charge in [0.15, 0.2) is 0 Å². The molecule has 0 aromatic carbocycles. The molecule has 0 saturated carbocycles. The summed E-state index contributed by atoms with van der Waals surface area (Å²) in [6, 6.07) is 5.60. The van der Waals surface area contributed by atoms with E-state index in [1.54, 1.807) is 0 Å². The second kappa shape index (κ2) is 7.75. The fourth-order valence-electron chi connectivity index (χ4n) is 3.18. The third-order valence-corrected chi connectivity index (χ3v) is 4.61. The Morgan fingerprint density at radius 1 is 1.35 bits per heavy atom. The lowest BCUT2D eigenvalue weighted by Gasteiger charge is -2.43. The average Bonchev–Trinajstić information content (AvgIpc) is 2.48. The van der Waals surface area contributed by atoms with Gasteiger partial charge < -0.3 is 5.32 Å². The smallest absolute Gasteiger partial charge is 0.0271 e. The Hall–Kier alpha value is -0.930. The Kier molecular flexibility index (Phi) is 5.99. The number of rotatable bonds is 6. The maximum absolute atomic E-state index is 4.12. The van der Waals surface area contributed by atoms with Crippen LogP contribution >= 0.6 is 0 Å². The summed E-state index contributed by atoms with van der Waals surface area (Å²) < 4.78 is 0. The highest BCUT2D eigenvalue weighted by Gasteiger charge is 2.30. The van der Waals surface area contributed by atoms with E-state index in [-0.39, 0.29) is 0 Å². The molecule has 1 aromatic heterocycles.